The molecule has 3 N–H and O–H groups in total. The number of hydrogen-bond acceptors (Lipinski definition) is 2. The fourth-order valence-corrected chi connectivity index (χ4v) is 2.66. The Morgan fingerprint density at radius 3 is 2.50 bits per heavy atom. The summed E-state index contributed by atoms with van der Waals surface area (Å²) in [5.41, 5.74) is 12.6. The molecule has 2 aromatic rings. The van der Waals surface area contributed by atoms with Gasteiger partial charge in [-0.15, -0.1) is 0 Å². The lowest BCUT2D eigenvalue weighted by Gasteiger charge is -2.08. The largest absolute Gasteiger partial charge is 0.330 e. The smallest absolute Gasteiger partial charge is 0.107 e. The van der Waals surface area contributed by atoms with Crippen LogP contribution in [0.15, 0.2) is 16.6 Å². The first-order valence-electron chi connectivity index (χ1n) is 6.05. The molecule has 0 fully saturated rings. The number of rotatable bonds is 3. The molecule has 0 amide bonds. The van der Waals surface area contributed by atoms with Gasteiger partial charge < -0.3 is 5.73 Å². The zero-order valence-corrected chi connectivity index (χ0v) is 12.6. The lowest BCUT2D eigenvalue weighted by molar-refractivity contribution is 0.898. The van der Waals surface area contributed by atoms with Gasteiger partial charge in [0.1, 0.15) is 5.69 Å². The molecule has 0 radical (unpaired) electrons. The third-order valence-corrected chi connectivity index (χ3v) is 4.12. The van der Waals surface area contributed by atoms with E-state index in [9.17, 15) is 0 Å². The molecule has 0 unspecified atom stereocenters. The molecule has 0 bridgehead atoms. The number of benzene rings is 1. The van der Waals surface area contributed by atoms with Gasteiger partial charge in [0, 0.05) is 12.0 Å². The van der Waals surface area contributed by atoms with Crippen LogP contribution in [-0.4, -0.2) is 16.7 Å². The summed E-state index contributed by atoms with van der Waals surface area (Å²) in [6.45, 7) is 6.99. The van der Waals surface area contributed by atoms with Crippen molar-refractivity contribution >= 4 is 15.9 Å². The van der Waals surface area contributed by atoms with Gasteiger partial charge in [0.25, 0.3) is 0 Å². The molecule has 3 nitrogen and oxygen atoms in total. The molecule has 1 heterocycles. The summed E-state index contributed by atoms with van der Waals surface area (Å²) in [4.78, 5) is 0. The number of H-pyrrole nitrogens is 1. The van der Waals surface area contributed by atoms with Crippen molar-refractivity contribution in [2.45, 2.75) is 27.2 Å². The molecule has 4 heteroatoms. The van der Waals surface area contributed by atoms with Crippen molar-refractivity contribution in [3.63, 3.8) is 0 Å². The molecule has 18 heavy (non-hydrogen) atoms. The van der Waals surface area contributed by atoms with E-state index in [1.807, 2.05) is 0 Å². The van der Waals surface area contributed by atoms with Gasteiger partial charge in [0.15, 0.2) is 0 Å². The SMILES string of the molecule is Cc1cc(C)c(-c2n[nH]c(CCN)c2Br)cc1C. The van der Waals surface area contributed by atoms with E-state index in [1.165, 1.54) is 22.3 Å². The van der Waals surface area contributed by atoms with Gasteiger partial charge in [-0.1, -0.05) is 6.07 Å². The molecule has 0 aliphatic heterocycles. The van der Waals surface area contributed by atoms with Crippen molar-refractivity contribution in [1.82, 2.24) is 10.2 Å². The summed E-state index contributed by atoms with van der Waals surface area (Å²) >= 11 is 3.62. The van der Waals surface area contributed by atoms with Crippen molar-refractivity contribution in [2.75, 3.05) is 6.54 Å². The van der Waals surface area contributed by atoms with Crippen LogP contribution in [-0.2, 0) is 6.42 Å². The Balaban J connectivity index is 2.52. The van der Waals surface area contributed by atoms with Gasteiger partial charge in [0.2, 0.25) is 0 Å². The van der Waals surface area contributed by atoms with E-state index < -0.39 is 0 Å². The van der Waals surface area contributed by atoms with Crippen LogP contribution in [0.5, 0.6) is 0 Å². The van der Waals surface area contributed by atoms with Gasteiger partial charge in [-0.05, 0) is 66.0 Å². The Kier molecular flexibility index (Phi) is 3.88. The quantitative estimate of drug-likeness (QED) is 0.914. The third-order valence-electron chi connectivity index (χ3n) is 3.27. The molecular formula is C14H18BrN3. The van der Waals surface area contributed by atoms with Gasteiger partial charge in [-0.25, -0.2) is 0 Å². The van der Waals surface area contributed by atoms with Gasteiger partial charge in [-0.3, -0.25) is 5.10 Å². The van der Waals surface area contributed by atoms with Crippen molar-refractivity contribution < 1.29 is 0 Å². The second-order valence-electron chi connectivity index (χ2n) is 4.65. The number of aryl methyl sites for hydroxylation is 3. The van der Waals surface area contributed by atoms with Gasteiger partial charge >= 0.3 is 0 Å². The number of nitrogens with zero attached hydrogens (tertiary/aromatic N) is 1. The molecule has 0 aliphatic carbocycles. The zero-order valence-electron chi connectivity index (χ0n) is 11.0. The fraction of sp³-hybridized carbons (Fsp3) is 0.357. The fourth-order valence-electron chi connectivity index (χ4n) is 2.07. The minimum Gasteiger partial charge on any atom is -0.330 e. The van der Waals surface area contributed by atoms with E-state index in [0.29, 0.717) is 6.54 Å². The first-order valence-corrected chi connectivity index (χ1v) is 6.85. The summed E-state index contributed by atoms with van der Waals surface area (Å²) in [6, 6.07) is 4.40. The Morgan fingerprint density at radius 1 is 1.17 bits per heavy atom. The monoisotopic (exact) mass is 307 g/mol. The highest BCUT2D eigenvalue weighted by molar-refractivity contribution is 9.10. The number of aromatic amines is 1. The average molecular weight is 308 g/mol. The van der Waals surface area contributed by atoms with Crippen LogP contribution in [0.25, 0.3) is 11.3 Å². The summed E-state index contributed by atoms with van der Waals surface area (Å²) in [6.07, 6.45) is 0.803. The Morgan fingerprint density at radius 2 is 1.83 bits per heavy atom. The van der Waals surface area contributed by atoms with E-state index in [4.69, 9.17) is 5.73 Å². The van der Waals surface area contributed by atoms with Crippen LogP contribution >= 0.6 is 15.9 Å². The highest BCUT2D eigenvalue weighted by atomic mass is 79.9. The molecule has 96 valence electrons. The molecular weight excluding hydrogens is 290 g/mol. The summed E-state index contributed by atoms with van der Waals surface area (Å²) < 4.78 is 1.03. The molecule has 0 aliphatic rings. The van der Waals surface area contributed by atoms with E-state index >= 15 is 0 Å². The maximum atomic E-state index is 5.58. The minimum absolute atomic E-state index is 0.617. The van der Waals surface area contributed by atoms with Gasteiger partial charge in [-0.2, -0.15) is 5.10 Å². The Bertz CT molecular complexity index is 573. The number of nitrogens with two attached hydrogens (primary N) is 1. The standard InChI is InChI=1S/C14H18BrN3/c1-8-6-10(3)11(7-9(8)2)14-13(15)12(4-5-16)17-18-14/h6-7H,4-5,16H2,1-3H3,(H,17,18). The number of hydrogen-bond donors (Lipinski definition) is 2. The summed E-state index contributed by atoms with van der Waals surface area (Å²) in [7, 11) is 0. The lowest BCUT2D eigenvalue weighted by atomic mass is 9.98. The Labute approximate surface area is 116 Å². The molecule has 0 saturated carbocycles. The van der Waals surface area contributed by atoms with E-state index in [-0.39, 0.29) is 0 Å². The lowest BCUT2D eigenvalue weighted by Crippen LogP contribution is -2.03. The molecule has 2 rings (SSSR count). The predicted molar refractivity (Wildman–Crippen MR) is 78.7 cm³/mol. The first-order chi connectivity index (χ1) is 8.54. The van der Waals surface area contributed by atoms with Crippen molar-refractivity contribution in [1.29, 1.82) is 0 Å². The zero-order chi connectivity index (χ0) is 13.3. The van der Waals surface area contributed by atoms with E-state index in [2.05, 4.69) is 59.0 Å². The maximum Gasteiger partial charge on any atom is 0.107 e. The average Bonchev–Trinajstić information content (AvgIpc) is 2.67. The topological polar surface area (TPSA) is 54.7 Å². The van der Waals surface area contributed by atoms with Crippen molar-refractivity contribution in [2.24, 2.45) is 5.73 Å². The third kappa shape index (κ3) is 2.35. The Hall–Kier alpha value is -1.13. The molecule has 1 aromatic carbocycles. The number of halogens is 1. The molecule has 0 saturated heterocycles. The predicted octanol–water partition coefficient (Wildman–Crippen LogP) is 3.27. The first kappa shape index (κ1) is 13.3. The van der Waals surface area contributed by atoms with Crippen molar-refractivity contribution in [3.8, 4) is 11.3 Å². The molecule has 0 atom stereocenters. The van der Waals surface area contributed by atoms with E-state index in [0.717, 1.165) is 22.3 Å². The summed E-state index contributed by atoms with van der Waals surface area (Å²) in [5, 5.41) is 7.47. The van der Waals surface area contributed by atoms with Crippen LogP contribution in [0.2, 0.25) is 0 Å². The second kappa shape index (κ2) is 5.24. The normalized spacial score (nSPS) is 10.9. The van der Waals surface area contributed by atoms with Gasteiger partial charge in [0.05, 0.1) is 10.2 Å². The minimum atomic E-state index is 0.617. The van der Waals surface area contributed by atoms with Crippen LogP contribution in [0.3, 0.4) is 0 Å². The molecule has 1 aromatic heterocycles. The number of nitrogens with one attached hydrogen (secondary N) is 1. The maximum absolute atomic E-state index is 5.58. The van der Waals surface area contributed by atoms with Crippen molar-refractivity contribution in [3.05, 3.63) is 39.0 Å². The van der Waals surface area contributed by atoms with Crippen LogP contribution < -0.4 is 5.73 Å². The highest BCUT2D eigenvalue weighted by Gasteiger charge is 2.14. The van der Waals surface area contributed by atoms with Crippen LogP contribution in [0, 0.1) is 20.8 Å². The van der Waals surface area contributed by atoms with Crippen LogP contribution in [0.1, 0.15) is 22.4 Å². The van der Waals surface area contributed by atoms with Crippen LogP contribution in [0.4, 0.5) is 0 Å². The van der Waals surface area contributed by atoms with E-state index in [1.54, 1.807) is 0 Å². The number of aromatic nitrogens is 2. The summed E-state index contributed by atoms with van der Waals surface area (Å²) in [5.74, 6) is 0. The second-order valence-corrected chi connectivity index (χ2v) is 5.45. The molecule has 0 spiro atoms. The highest BCUT2D eigenvalue weighted by Crippen LogP contribution is 2.32.